The highest BCUT2D eigenvalue weighted by Crippen LogP contribution is 2.27. The number of thiocarbonyl (C=S) groups is 1. The number of fused-ring (bicyclic) bond motifs is 1. The second-order valence-corrected chi connectivity index (χ2v) is 9.05. The summed E-state index contributed by atoms with van der Waals surface area (Å²) in [7, 11) is 0. The Morgan fingerprint density at radius 1 is 1.30 bits per heavy atom. The third kappa shape index (κ3) is 5.37. The summed E-state index contributed by atoms with van der Waals surface area (Å²) < 4.78 is 2.02. The molecular formula is C19H17ClIN3OS2. The van der Waals surface area contributed by atoms with Crippen molar-refractivity contribution in [3.63, 3.8) is 0 Å². The van der Waals surface area contributed by atoms with Gasteiger partial charge in [-0.2, -0.15) is 0 Å². The molecule has 140 valence electrons. The first-order valence-electron chi connectivity index (χ1n) is 8.43. The summed E-state index contributed by atoms with van der Waals surface area (Å²) in [6, 6.07) is 11.6. The van der Waals surface area contributed by atoms with E-state index in [1.54, 1.807) is 12.1 Å². The van der Waals surface area contributed by atoms with Gasteiger partial charge in [0.1, 0.15) is 0 Å². The molecule has 0 aliphatic rings. The van der Waals surface area contributed by atoms with Crippen LogP contribution in [-0.2, 0) is 6.42 Å². The Morgan fingerprint density at radius 3 is 2.89 bits per heavy atom. The monoisotopic (exact) mass is 529 g/mol. The Labute approximate surface area is 185 Å². The minimum atomic E-state index is -0.348. The normalized spacial score (nSPS) is 10.8. The summed E-state index contributed by atoms with van der Waals surface area (Å²) in [6.07, 6.45) is 3.41. The molecule has 0 saturated carbocycles. The van der Waals surface area contributed by atoms with Gasteiger partial charge in [0.2, 0.25) is 0 Å². The Kier molecular flexibility index (Phi) is 7.02. The number of hydrogen-bond donors (Lipinski definition) is 2. The highest BCUT2D eigenvalue weighted by molar-refractivity contribution is 14.1. The molecule has 2 aromatic carbocycles. The molecule has 0 fully saturated rings. The Morgan fingerprint density at radius 2 is 2.11 bits per heavy atom. The first-order chi connectivity index (χ1) is 13.0. The van der Waals surface area contributed by atoms with Crippen LogP contribution < -0.4 is 10.6 Å². The number of hydrogen-bond acceptors (Lipinski definition) is 4. The van der Waals surface area contributed by atoms with Crippen molar-refractivity contribution in [1.29, 1.82) is 0 Å². The predicted molar refractivity (Wildman–Crippen MR) is 126 cm³/mol. The average molecular weight is 530 g/mol. The number of nitrogens with zero attached hydrogens (tertiary/aromatic N) is 1. The van der Waals surface area contributed by atoms with Gasteiger partial charge in [-0.1, -0.05) is 42.3 Å². The second-order valence-electron chi connectivity index (χ2n) is 5.96. The van der Waals surface area contributed by atoms with Crippen molar-refractivity contribution in [3.05, 3.63) is 56.1 Å². The molecule has 0 saturated heterocycles. The number of aromatic nitrogens is 1. The lowest BCUT2D eigenvalue weighted by molar-refractivity contribution is 0.0978. The average Bonchev–Trinajstić information content (AvgIpc) is 3.02. The van der Waals surface area contributed by atoms with Crippen LogP contribution in [0.2, 0.25) is 5.02 Å². The minimum Gasteiger partial charge on any atom is -0.308 e. The number of aryl methyl sites for hydroxylation is 1. The van der Waals surface area contributed by atoms with Gasteiger partial charge in [-0.3, -0.25) is 10.1 Å². The lowest BCUT2D eigenvalue weighted by atomic mass is 10.1. The van der Waals surface area contributed by atoms with Gasteiger partial charge in [-0.25, -0.2) is 4.98 Å². The van der Waals surface area contributed by atoms with E-state index >= 15 is 0 Å². The fraction of sp³-hybridized carbons (Fsp3) is 0.211. The maximum absolute atomic E-state index is 12.4. The molecule has 3 aromatic rings. The molecule has 0 atom stereocenters. The summed E-state index contributed by atoms with van der Waals surface area (Å²) >= 11 is 15.0. The Bertz CT molecular complexity index is 1010. The number of thiazole rings is 1. The molecule has 0 aliphatic heterocycles. The van der Waals surface area contributed by atoms with Crippen LogP contribution in [0, 0.1) is 3.57 Å². The third-order valence-corrected chi connectivity index (χ3v) is 6.03. The number of nitrogens with one attached hydrogen (secondary N) is 2. The first kappa shape index (κ1) is 20.4. The van der Waals surface area contributed by atoms with Crippen molar-refractivity contribution >= 4 is 84.1 Å². The molecule has 3 rings (SSSR count). The molecule has 1 amide bonds. The molecule has 8 heteroatoms. The largest absolute Gasteiger partial charge is 0.308 e. The van der Waals surface area contributed by atoms with E-state index in [0.717, 1.165) is 20.2 Å². The maximum atomic E-state index is 12.4. The van der Waals surface area contributed by atoms with Crippen LogP contribution in [0.3, 0.4) is 0 Å². The Balaban J connectivity index is 1.68. The molecule has 0 radical (unpaired) electrons. The van der Waals surface area contributed by atoms with Crippen LogP contribution in [0.15, 0.2) is 36.4 Å². The lowest BCUT2D eigenvalue weighted by Crippen LogP contribution is -2.34. The van der Waals surface area contributed by atoms with Gasteiger partial charge in [-0.15, -0.1) is 0 Å². The Hall–Kier alpha value is -1.29. The van der Waals surface area contributed by atoms with E-state index in [-0.39, 0.29) is 11.0 Å². The number of unbranched alkanes of at least 4 members (excludes halogenated alkanes) is 1. The summed E-state index contributed by atoms with van der Waals surface area (Å²) in [4.78, 5) is 16.9. The summed E-state index contributed by atoms with van der Waals surface area (Å²) in [6.45, 7) is 2.19. The van der Waals surface area contributed by atoms with Crippen molar-refractivity contribution in [1.82, 2.24) is 10.3 Å². The molecule has 0 aliphatic carbocycles. The molecule has 4 nitrogen and oxygen atoms in total. The quantitative estimate of drug-likeness (QED) is 0.313. The van der Waals surface area contributed by atoms with Gasteiger partial charge in [-0.05, 0) is 83.5 Å². The molecule has 1 aromatic heterocycles. The maximum Gasteiger partial charge on any atom is 0.258 e. The fourth-order valence-corrected chi connectivity index (χ4v) is 4.41. The van der Waals surface area contributed by atoms with Crippen molar-refractivity contribution in [2.75, 3.05) is 5.32 Å². The summed E-state index contributed by atoms with van der Waals surface area (Å²) in [5.41, 5.74) is 2.61. The van der Waals surface area contributed by atoms with Gasteiger partial charge >= 0.3 is 0 Å². The van der Waals surface area contributed by atoms with E-state index in [0.29, 0.717) is 15.7 Å². The van der Waals surface area contributed by atoms with Gasteiger partial charge in [0.25, 0.3) is 5.91 Å². The fourth-order valence-electron chi connectivity index (χ4n) is 2.53. The van der Waals surface area contributed by atoms with E-state index in [1.165, 1.54) is 29.7 Å². The highest BCUT2D eigenvalue weighted by Gasteiger charge is 2.13. The molecule has 0 spiro atoms. The zero-order valence-corrected chi connectivity index (χ0v) is 19.1. The van der Waals surface area contributed by atoms with Crippen molar-refractivity contribution < 1.29 is 4.79 Å². The summed E-state index contributed by atoms with van der Waals surface area (Å²) in [5, 5.41) is 6.88. The van der Waals surface area contributed by atoms with Crippen molar-refractivity contribution in [3.8, 4) is 0 Å². The van der Waals surface area contributed by atoms with Crippen molar-refractivity contribution in [2.24, 2.45) is 0 Å². The van der Waals surface area contributed by atoms with E-state index in [2.05, 4.69) is 57.3 Å². The molecule has 2 N–H and O–H groups in total. The number of anilines is 1. The zero-order chi connectivity index (χ0) is 19.4. The number of carbonyl (C=O) groups excluding carboxylic acids is 1. The van der Waals surface area contributed by atoms with Crippen molar-refractivity contribution in [2.45, 2.75) is 26.2 Å². The van der Waals surface area contributed by atoms with Crippen LogP contribution in [0.1, 0.15) is 35.7 Å². The smallest absolute Gasteiger partial charge is 0.258 e. The first-order valence-corrected chi connectivity index (χ1v) is 11.1. The number of rotatable bonds is 5. The van der Waals surface area contributed by atoms with Crippen LogP contribution in [0.25, 0.3) is 10.2 Å². The summed E-state index contributed by atoms with van der Waals surface area (Å²) in [5.74, 6) is -0.348. The topological polar surface area (TPSA) is 54.0 Å². The molecule has 1 heterocycles. The van der Waals surface area contributed by atoms with Crippen LogP contribution in [0.5, 0.6) is 0 Å². The number of benzene rings is 2. The predicted octanol–water partition coefficient (Wildman–Crippen LogP) is 6.02. The van der Waals surface area contributed by atoms with E-state index in [4.69, 9.17) is 23.8 Å². The van der Waals surface area contributed by atoms with Gasteiger partial charge in [0.15, 0.2) is 10.2 Å². The van der Waals surface area contributed by atoms with E-state index < -0.39 is 0 Å². The number of amides is 1. The molecule has 0 bridgehead atoms. The molecule has 0 unspecified atom stereocenters. The van der Waals surface area contributed by atoms with Crippen LogP contribution in [-0.4, -0.2) is 16.0 Å². The van der Waals surface area contributed by atoms with E-state index in [9.17, 15) is 4.79 Å². The highest BCUT2D eigenvalue weighted by atomic mass is 127. The van der Waals surface area contributed by atoms with Gasteiger partial charge in [0.05, 0.1) is 20.8 Å². The van der Waals surface area contributed by atoms with E-state index in [1.807, 2.05) is 12.1 Å². The van der Waals surface area contributed by atoms with Gasteiger partial charge in [0, 0.05) is 3.57 Å². The molecular weight excluding hydrogens is 513 g/mol. The number of halogens is 2. The standard InChI is InChI=1S/C19H17ClIN3OS2/c1-2-3-4-11-5-8-15-16(9-11)27-19(22-15)24-18(26)23-17(25)13-10-12(21)6-7-14(13)20/h5-10H,2-4H2,1H3,(H2,22,23,24,25,26). The lowest BCUT2D eigenvalue weighted by Gasteiger charge is -2.08. The molecule has 27 heavy (non-hydrogen) atoms. The number of carbonyl (C=O) groups is 1. The van der Waals surface area contributed by atoms with Gasteiger partial charge < -0.3 is 5.32 Å². The minimum absolute atomic E-state index is 0.195. The van der Waals surface area contributed by atoms with Crippen LogP contribution >= 0.6 is 57.7 Å². The SMILES string of the molecule is CCCCc1ccc2nc(NC(=S)NC(=O)c3cc(I)ccc3Cl)sc2c1. The zero-order valence-electron chi connectivity index (χ0n) is 14.5. The van der Waals surface area contributed by atoms with Crippen LogP contribution in [0.4, 0.5) is 5.13 Å². The second kappa shape index (κ2) is 9.27. The third-order valence-electron chi connectivity index (χ3n) is 3.89.